The molecule has 0 aliphatic carbocycles. The van der Waals surface area contributed by atoms with Crippen LogP contribution < -0.4 is 5.32 Å². The second-order valence-electron chi connectivity index (χ2n) is 5.05. The van der Waals surface area contributed by atoms with Crippen LogP contribution in [0, 0.1) is 11.6 Å². The molecule has 0 saturated heterocycles. The fraction of sp³-hybridized carbons (Fsp3) is 0.0625. The lowest BCUT2D eigenvalue weighted by molar-refractivity contribution is -0.119. The molecule has 26 heavy (non-hydrogen) atoms. The molecule has 1 amide bonds. The first-order chi connectivity index (χ1) is 12.5. The Labute approximate surface area is 145 Å². The monoisotopic (exact) mass is 359 g/mol. The number of carbonyl (C=O) groups is 2. The van der Waals surface area contributed by atoms with Crippen molar-refractivity contribution in [2.75, 3.05) is 11.9 Å². The summed E-state index contributed by atoms with van der Waals surface area (Å²) in [6.07, 6.45) is 1.39. The van der Waals surface area contributed by atoms with Gasteiger partial charge in [0.15, 0.2) is 6.61 Å². The molecule has 0 spiro atoms. The minimum absolute atomic E-state index is 0.201. The van der Waals surface area contributed by atoms with Crippen LogP contribution in [0.2, 0.25) is 0 Å². The molecule has 0 unspecified atom stereocenters. The number of anilines is 1. The molecule has 1 heterocycles. The molecule has 1 N–H and O–H groups in total. The number of nitrogens with one attached hydrogen (secondary N) is 1. The summed E-state index contributed by atoms with van der Waals surface area (Å²) in [6.45, 7) is -0.649. The van der Waals surface area contributed by atoms with Gasteiger partial charge < -0.3 is 10.1 Å². The van der Waals surface area contributed by atoms with Gasteiger partial charge in [-0.1, -0.05) is 0 Å². The van der Waals surface area contributed by atoms with Crippen LogP contribution in [0.15, 0.2) is 48.8 Å². The van der Waals surface area contributed by atoms with Gasteiger partial charge in [0.2, 0.25) is 0 Å². The SMILES string of the molecule is O=C(COC(=O)c1ccc(-n2cnnn2)cc1)Nc1cc(F)ccc1F. The van der Waals surface area contributed by atoms with Crippen LogP contribution in [0.25, 0.3) is 5.69 Å². The maximum absolute atomic E-state index is 13.4. The van der Waals surface area contributed by atoms with Gasteiger partial charge in [0, 0.05) is 6.07 Å². The van der Waals surface area contributed by atoms with E-state index in [4.69, 9.17) is 4.74 Å². The first-order valence-corrected chi connectivity index (χ1v) is 7.28. The molecule has 0 saturated carbocycles. The molecule has 1 aromatic heterocycles. The molecule has 0 fully saturated rings. The maximum atomic E-state index is 13.4. The highest BCUT2D eigenvalue weighted by Crippen LogP contribution is 2.15. The van der Waals surface area contributed by atoms with Gasteiger partial charge in [-0.25, -0.2) is 18.3 Å². The Morgan fingerprint density at radius 3 is 2.58 bits per heavy atom. The van der Waals surface area contributed by atoms with Crippen molar-refractivity contribution in [1.82, 2.24) is 20.2 Å². The van der Waals surface area contributed by atoms with Gasteiger partial charge in [-0.15, -0.1) is 5.10 Å². The third-order valence-corrected chi connectivity index (χ3v) is 3.25. The summed E-state index contributed by atoms with van der Waals surface area (Å²) in [5, 5.41) is 12.8. The number of aromatic nitrogens is 4. The number of ether oxygens (including phenoxy) is 1. The summed E-state index contributed by atoms with van der Waals surface area (Å²) in [4.78, 5) is 23.7. The summed E-state index contributed by atoms with van der Waals surface area (Å²) in [5.74, 6) is -3.05. The third kappa shape index (κ3) is 4.04. The van der Waals surface area contributed by atoms with E-state index in [1.807, 2.05) is 0 Å². The number of benzene rings is 2. The molecule has 132 valence electrons. The summed E-state index contributed by atoms with van der Waals surface area (Å²) in [7, 11) is 0. The maximum Gasteiger partial charge on any atom is 0.338 e. The van der Waals surface area contributed by atoms with Crippen molar-refractivity contribution in [3.63, 3.8) is 0 Å². The van der Waals surface area contributed by atoms with E-state index in [-0.39, 0.29) is 11.3 Å². The Balaban J connectivity index is 1.56. The highest BCUT2D eigenvalue weighted by molar-refractivity contribution is 5.95. The number of halogens is 2. The largest absolute Gasteiger partial charge is 0.452 e. The lowest BCUT2D eigenvalue weighted by Crippen LogP contribution is -2.21. The van der Waals surface area contributed by atoms with Crippen molar-refractivity contribution >= 4 is 17.6 Å². The van der Waals surface area contributed by atoms with Gasteiger partial charge in [0.25, 0.3) is 5.91 Å². The zero-order valence-electron chi connectivity index (χ0n) is 13.1. The molecular formula is C16H11F2N5O3. The minimum Gasteiger partial charge on any atom is -0.452 e. The Morgan fingerprint density at radius 2 is 1.88 bits per heavy atom. The van der Waals surface area contributed by atoms with E-state index in [1.54, 1.807) is 12.1 Å². The third-order valence-electron chi connectivity index (χ3n) is 3.25. The lowest BCUT2D eigenvalue weighted by Gasteiger charge is -2.08. The predicted molar refractivity (Wildman–Crippen MR) is 84.4 cm³/mol. The molecule has 0 radical (unpaired) electrons. The Morgan fingerprint density at radius 1 is 1.12 bits per heavy atom. The van der Waals surface area contributed by atoms with Crippen LogP contribution in [-0.4, -0.2) is 38.7 Å². The van der Waals surface area contributed by atoms with Crippen LogP contribution in [0.4, 0.5) is 14.5 Å². The van der Waals surface area contributed by atoms with Gasteiger partial charge in [-0.3, -0.25) is 4.79 Å². The molecule has 0 atom stereocenters. The molecule has 0 bridgehead atoms. The number of amides is 1. The smallest absolute Gasteiger partial charge is 0.338 e. The number of tetrazole rings is 1. The van der Waals surface area contributed by atoms with Crippen molar-refractivity contribution in [3.05, 3.63) is 66.0 Å². The number of rotatable bonds is 5. The molecule has 2 aromatic carbocycles. The fourth-order valence-electron chi connectivity index (χ4n) is 2.02. The summed E-state index contributed by atoms with van der Waals surface area (Å²) in [5.41, 5.74) is 0.495. The van der Waals surface area contributed by atoms with Crippen LogP contribution in [0.1, 0.15) is 10.4 Å². The number of nitrogens with zero attached hydrogens (tertiary/aromatic N) is 4. The number of carbonyl (C=O) groups excluding carboxylic acids is 2. The van der Waals surface area contributed by atoms with E-state index in [0.29, 0.717) is 5.69 Å². The van der Waals surface area contributed by atoms with Crippen LogP contribution in [0.3, 0.4) is 0 Å². The average molecular weight is 359 g/mol. The molecule has 8 nitrogen and oxygen atoms in total. The molecular weight excluding hydrogens is 348 g/mol. The van der Waals surface area contributed by atoms with Crippen molar-refractivity contribution in [2.24, 2.45) is 0 Å². The highest BCUT2D eigenvalue weighted by atomic mass is 19.1. The topological polar surface area (TPSA) is 99.0 Å². The van der Waals surface area contributed by atoms with E-state index in [2.05, 4.69) is 20.8 Å². The van der Waals surface area contributed by atoms with Crippen LogP contribution >= 0.6 is 0 Å². The number of hydrogen-bond donors (Lipinski definition) is 1. The first kappa shape index (κ1) is 17.1. The minimum atomic E-state index is -0.802. The standard InChI is InChI=1S/C16H11F2N5O3/c17-11-3-6-13(18)14(7-11)20-15(24)8-26-16(25)10-1-4-12(5-2-10)23-9-19-21-22-23/h1-7,9H,8H2,(H,20,24). The Bertz CT molecular complexity index is 930. The van der Waals surface area contributed by atoms with E-state index >= 15 is 0 Å². The Hall–Kier alpha value is -3.69. The van der Waals surface area contributed by atoms with Crippen molar-refractivity contribution in [3.8, 4) is 5.69 Å². The van der Waals surface area contributed by atoms with Crippen molar-refractivity contribution in [1.29, 1.82) is 0 Å². The molecule has 10 heteroatoms. The quantitative estimate of drug-likeness (QED) is 0.697. The summed E-state index contributed by atoms with van der Waals surface area (Å²) < 4.78 is 32.7. The average Bonchev–Trinajstić information content (AvgIpc) is 3.17. The predicted octanol–water partition coefficient (Wildman–Crippen LogP) is 1.74. The summed E-state index contributed by atoms with van der Waals surface area (Å²) in [6, 6.07) is 8.76. The number of hydrogen-bond acceptors (Lipinski definition) is 6. The van der Waals surface area contributed by atoms with Crippen molar-refractivity contribution < 1.29 is 23.1 Å². The van der Waals surface area contributed by atoms with E-state index in [1.165, 1.54) is 23.1 Å². The highest BCUT2D eigenvalue weighted by Gasteiger charge is 2.13. The van der Waals surface area contributed by atoms with Gasteiger partial charge in [-0.05, 0) is 46.8 Å². The first-order valence-electron chi connectivity index (χ1n) is 7.28. The second kappa shape index (κ2) is 7.47. The fourth-order valence-corrected chi connectivity index (χ4v) is 2.02. The van der Waals surface area contributed by atoms with Crippen molar-refractivity contribution in [2.45, 2.75) is 0 Å². The lowest BCUT2D eigenvalue weighted by atomic mass is 10.2. The van der Waals surface area contributed by atoms with E-state index < -0.39 is 30.1 Å². The van der Waals surface area contributed by atoms with Crippen LogP contribution in [0.5, 0.6) is 0 Å². The molecule has 0 aliphatic heterocycles. The van der Waals surface area contributed by atoms with Gasteiger partial charge in [-0.2, -0.15) is 0 Å². The normalized spacial score (nSPS) is 10.4. The van der Waals surface area contributed by atoms with Crippen LogP contribution in [-0.2, 0) is 9.53 Å². The van der Waals surface area contributed by atoms with Gasteiger partial charge >= 0.3 is 5.97 Å². The van der Waals surface area contributed by atoms with Gasteiger partial charge in [0.1, 0.15) is 18.0 Å². The molecule has 0 aliphatic rings. The second-order valence-corrected chi connectivity index (χ2v) is 5.05. The van der Waals surface area contributed by atoms with E-state index in [9.17, 15) is 18.4 Å². The molecule has 3 aromatic rings. The zero-order valence-corrected chi connectivity index (χ0v) is 13.1. The molecule has 3 rings (SSSR count). The Kier molecular flexibility index (Phi) is 4.92. The number of esters is 1. The van der Waals surface area contributed by atoms with E-state index in [0.717, 1.165) is 18.2 Å². The zero-order chi connectivity index (χ0) is 18.5. The van der Waals surface area contributed by atoms with Gasteiger partial charge in [0.05, 0.1) is 16.9 Å². The summed E-state index contributed by atoms with van der Waals surface area (Å²) >= 11 is 0.